The van der Waals surface area contributed by atoms with Crippen LogP contribution in [0.4, 0.5) is 19.5 Å². The molecule has 0 fully saturated rings. The molecule has 8 heteroatoms. The van der Waals surface area contributed by atoms with Gasteiger partial charge in [-0.15, -0.1) is 0 Å². The van der Waals surface area contributed by atoms with E-state index in [0.29, 0.717) is 22.3 Å². The molecule has 0 spiro atoms. The first-order valence-corrected chi connectivity index (χ1v) is 6.91. The van der Waals surface area contributed by atoms with Gasteiger partial charge in [-0.25, -0.2) is 19.1 Å². The third kappa shape index (κ3) is 2.70. The first-order chi connectivity index (χ1) is 11.0. The van der Waals surface area contributed by atoms with Gasteiger partial charge in [0.15, 0.2) is 11.0 Å². The highest BCUT2D eigenvalue weighted by Gasteiger charge is 2.15. The summed E-state index contributed by atoms with van der Waals surface area (Å²) in [6.07, 6.45) is 0.329. The van der Waals surface area contributed by atoms with E-state index in [9.17, 15) is 13.7 Å². The average molecular weight is 338 g/mol. The van der Waals surface area contributed by atoms with Gasteiger partial charge >= 0.3 is 6.09 Å². The summed E-state index contributed by atoms with van der Waals surface area (Å²) >= 11 is 6.12. The number of carbonyl (C=O) groups is 1. The molecule has 0 saturated carbocycles. The van der Waals surface area contributed by atoms with Crippen LogP contribution in [0.5, 0.6) is 0 Å². The van der Waals surface area contributed by atoms with E-state index in [1.54, 1.807) is 37.4 Å². The molecule has 2 aromatic heterocycles. The van der Waals surface area contributed by atoms with Crippen molar-refractivity contribution in [2.75, 3.05) is 5.32 Å². The van der Waals surface area contributed by atoms with Crippen LogP contribution in [0.1, 0.15) is 5.56 Å². The van der Waals surface area contributed by atoms with Crippen molar-refractivity contribution < 1.29 is 18.7 Å². The van der Waals surface area contributed by atoms with E-state index in [2.05, 4.69) is 15.2 Å². The van der Waals surface area contributed by atoms with Gasteiger partial charge in [0.2, 0.25) is 0 Å². The number of imidazole rings is 1. The van der Waals surface area contributed by atoms with Crippen LogP contribution >= 0.6 is 11.6 Å². The molecule has 3 aromatic rings. The molecular weight excluding hydrogens is 328 g/mol. The topological polar surface area (TPSA) is 55.6 Å². The monoisotopic (exact) mass is 337 g/mol. The standard InChI is InChI=1S/C15H10ClF2N3O2/c1-8-10(3-2-4-11(8)17)9-5-6-12-19-14(20-15(22)23-18)13(16)21(12)7-9/h2-7H,1H3,(H,20,22). The number of fused-ring (bicyclic) bond motifs is 1. The maximum Gasteiger partial charge on any atom is 0.450 e. The number of halogens is 3. The molecule has 23 heavy (non-hydrogen) atoms. The third-order valence-corrected chi connectivity index (χ3v) is 3.79. The Morgan fingerprint density at radius 3 is 2.87 bits per heavy atom. The average Bonchev–Trinajstić information content (AvgIpc) is 2.85. The highest BCUT2D eigenvalue weighted by Crippen LogP contribution is 2.29. The number of aromatic nitrogens is 2. The van der Waals surface area contributed by atoms with Crippen LogP contribution < -0.4 is 5.32 Å². The number of hydrogen-bond acceptors (Lipinski definition) is 3. The Bertz CT molecular complexity index is 911. The fourth-order valence-electron chi connectivity index (χ4n) is 2.29. The lowest BCUT2D eigenvalue weighted by atomic mass is 10.0. The number of benzene rings is 1. The van der Waals surface area contributed by atoms with E-state index in [0.717, 1.165) is 0 Å². The van der Waals surface area contributed by atoms with E-state index in [1.165, 1.54) is 10.5 Å². The van der Waals surface area contributed by atoms with Gasteiger partial charge in [-0.1, -0.05) is 23.7 Å². The minimum absolute atomic E-state index is 0.0394. The van der Waals surface area contributed by atoms with Crippen molar-refractivity contribution >= 4 is 29.2 Å². The highest BCUT2D eigenvalue weighted by molar-refractivity contribution is 6.32. The molecule has 1 N–H and O–H groups in total. The predicted molar refractivity (Wildman–Crippen MR) is 81.5 cm³/mol. The first kappa shape index (κ1) is 15.2. The largest absolute Gasteiger partial charge is 0.450 e. The second-order valence-electron chi connectivity index (χ2n) is 4.80. The maximum absolute atomic E-state index is 13.7. The van der Waals surface area contributed by atoms with E-state index in [4.69, 9.17) is 11.6 Å². The summed E-state index contributed by atoms with van der Waals surface area (Å²) in [6.45, 7) is 1.68. The molecule has 0 aliphatic rings. The summed E-state index contributed by atoms with van der Waals surface area (Å²) in [5, 5.41) is 2.14. The van der Waals surface area contributed by atoms with Gasteiger partial charge < -0.3 is 0 Å². The zero-order valence-corrected chi connectivity index (χ0v) is 12.6. The number of hydrogen-bond donors (Lipinski definition) is 1. The lowest BCUT2D eigenvalue weighted by molar-refractivity contribution is -0.0544. The SMILES string of the molecule is Cc1c(F)cccc1-c1ccc2nc(NC(=O)OF)c(Cl)n2c1. The zero-order valence-electron chi connectivity index (χ0n) is 11.8. The van der Waals surface area contributed by atoms with Gasteiger partial charge in [0, 0.05) is 10.7 Å². The van der Waals surface area contributed by atoms with Gasteiger partial charge in [0.25, 0.3) is 0 Å². The lowest BCUT2D eigenvalue weighted by Crippen LogP contribution is -2.09. The fraction of sp³-hybridized carbons (Fsp3) is 0.0667. The Balaban J connectivity index is 2.10. The van der Waals surface area contributed by atoms with Crippen molar-refractivity contribution in [2.45, 2.75) is 6.92 Å². The van der Waals surface area contributed by atoms with Gasteiger partial charge in [-0.2, -0.15) is 0 Å². The van der Waals surface area contributed by atoms with Crippen molar-refractivity contribution in [3.05, 3.63) is 53.1 Å². The Hall–Kier alpha value is -2.67. The molecule has 0 bridgehead atoms. The maximum atomic E-state index is 13.7. The minimum atomic E-state index is -1.32. The van der Waals surface area contributed by atoms with Crippen LogP contribution in [0.2, 0.25) is 5.15 Å². The van der Waals surface area contributed by atoms with Gasteiger partial charge in [-0.3, -0.25) is 9.72 Å². The molecule has 0 aliphatic carbocycles. The number of rotatable bonds is 2. The van der Waals surface area contributed by atoms with Crippen LogP contribution in [0.25, 0.3) is 16.8 Å². The number of carbonyl (C=O) groups excluding carboxylic acids is 1. The van der Waals surface area contributed by atoms with Crippen LogP contribution in [0.15, 0.2) is 36.5 Å². The number of amides is 1. The molecule has 1 aromatic carbocycles. The molecule has 0 radical (unpaired) electrons. The molecule has 118 valence electrons. The number of anilines is 1. The van der Waals surface area contributed by atoms with Crippen LogP contribution in [-0.2, 0) is 4.94 Å². The summed E-state index contributed by atoms with van der Waals surface area (Å²) in [5.41, 5.74) is 2.35. The molecule has 1 amide bonds. The van der Waals surface area contributed by atoms with E-state index in [1.807, 2.05) is 0 Å². The number of pyridine rings is 1. The van der Waals surface area contributed by atoms with Gasteiger partial charge in [-0.05, 0) is 41.8 Å². The van der Waals surface area contributed by atoms with Gasteiger partial charge in [0.1, 0.15) is 11.5 Å². The van der Waals surface area contributed by atoms with E-state index >= 15 is 0 Å². The Kier molecular flexibility index (Phi) is 3.87. The predicted octanol–water partition coefficient (Wildman–Crippen LogP) is 4.54. The summed E-state index contributed by atoms with van der Waals surface area (Å²) in [5.74, 6) is -0.352. The van der Waals surface area contributed by atoms with Crippen LogP contribution in [0, 0.1) is 12.7 Å². The van der Waals surface area contributed by atoms with Crippen LogP contribution in [-0.4, -0.2) is 15.5 Å². The van der Waals surface area contributed by atoms with Crippen molar-refractivity contribution in [1.82, 2.24) is 9.38 Å². The summed E-state index contributed by atoms with van der Waals surface area (Å²) < 4.78 is 27.0. The first-order valence-electron chi connectivity index (χ1n) is 6.54. The quantitative estimate of drug-likeness (QED) is 0.747. The van der Waals surface area contributed by atoms with Crippen molar-refractivity contribution in [3.63, 3.8) is 0 Å². The highest BCUT2D eigenvalue weighted by atomic mass is 35.5. The van der Waals surface area contributed by atoms with Crippen molar-refractivity contribution in [3.8, 4) is 11.1 Å². The molecule has 5 nitrogen and oxygen atoms in total. The summed E-state index contributed by atoms with van der Waals surface area (Å²) in [4.78, 5) is 18.0. The Morgan fingerprint density at radius 1 is 1.35 bits per heavy atom. The molecular formula is C15H10ClF2N3O2. The Labute approximate surface area is 134 Å². The third-order valence-electron chi connectivity index (χ3n) is 3.43. The molecule has 0 atom stereocenters. The Morgan fingerprint density at radius 2 is 2.13 bits per heavy atom. The van der Waals surface area contributed by atoms with Crippen molar-refractivity contribution in [2.24, 2.45) is 0 Å². The minimum Gasteiger partial charge on any atom is -0.288 e. The van der Waals surface area contributed by atoms with Crippen molar-refractivity contribution in [1.29, 1.82) is 0 Å². The summed E-state index contributed by atoms with van der Waals surface area (Å²) in [7, 11) is 0. The lowest BCUT2D eigenvalue weighted by Gasteiger charge is -2.07. The number of nitrogens with zero attached hydrogens (tertiary/aromatic N) is 2. The molecule has 2 heterocycles. The number of nitrogens with one attached hydrogen (secondary N) is 1. The second-order valence-corrected chi connectivity index (χ2v) is 5.16. The molecule has 0 saturated heterocycles. The van der Waals surface area contributed by atoms with Crippen LogP contribution in [0.3, 0.4) is 0 Å². The molecule has 3 rings (SSSR count). The normalized spacial score (nSPS) is 10.8. The fourth-order valence-corrected chi connectivity index (χ4v) is 2.52. The smallest absolute Gasteiger partial charge is 0.288 e. The molecule has 0 aliphatic heterocycles. The van der Waals surface area contributed by atoms with E-state index in [-0.39, 0.29) is 16.8 Å². The van der Waals surface area contributed by atoms with Gasteiger partial charge in [0.05, 0.1) is 0 Å². The summed E-state index contributed by atoms with van der Waals surface area (Å²) in [6, 6.07) is 8.17. The molecule has 0 unspecified atom stereocenters. The second kappa shape index (κ2) is 5.85. The zero-order chi connectivity index (χ0) is 16.6. The van der Waals surface area contributed by atoms with E-state index < -0.39 is 6.09 Å².